The van der Waals surface area contributed by atoms with E-state index in [9.17, 15) is 4.79 Å². The van der Waals surface area contributed by atoms with Crippen molar-refractivity contribution in [2.45, 2.75) is 39.4 Å². The van der Waals surface area contributed by atoms with E-state index in [4.69, 9.17) is 0 Å². The average molecular weight is 325 g/mol. The van der Waals surface area contributed by atoms with E-state index in [1.165, 1.54) is 0 Å². The molecule has 1 aliphatic rings. The lowest BCUT2D eigenvalue weighted by Crippen LogP contribution is -2.41. The fourth-order valence-corrected chi connectivity index (χ4v) is 3.01. The number of nitrogens with zero attached hydrogens (tertiary/aromatic N) is 7. The summed E-state index contributed by atoms with van der Waals surface area (Å²) in [5.74, 6) is 1.62. The molecule has 0 fully saturated rings. The molecule has 4 rings (SSSR count). The van der Waals surface area contributed by atoms with Crippen LogP contribution in [0.3, 0.4) is 0 Å². The second kappa shape index (κ2) is 5.79. The first-order valence-corrected chi connectivity index (χ1v) is 8.11. The lowest BCUT2D eigenvalue weighted by atomic mass is 10.2. The first kappa shape index (κ1) is 14.9. The molecule has 0 saturated heterocycles. The van der Waals surface area contributed by atoms with E-state index in [1.54, 1.807) is 15.3 Å². The predicted molar refractivity (Wildman–Crippen MR) is 87.5 cm³/mol. The molecule has 24 heavy (non-hydrogen) atoms. The van der Waals surface area contributed by atoms with Crippen LogP contribution < -0.4 is 5.56 Å². The molecule has 8 heteroatoms. The van der Waals surface area contributed by atoms with Crippen molar-refractivity contribution in [3.05, 3.63) is 52.1 Å². The van der Waals surface area contributed by atoms with Crippen LogP contribution >= 0.6 is 0 Å². The molecule has 0 aromatic carbocycles. The largest absolute Gasteiger partial charge is 0.299 e. The van der Waals surface area contributed by atoms with Gasteiger partial charge in [0, 0.05) is 31.7 Å². The molecule has 124 valence electrons. The molecule has 0 aliphatic carbocycles. The quantitative estimate of drug-likeness (QED) is 0.709. The topological polar surface area (TPSA) is 81.2 Å². The SMILES string of the molecule is CC(C)c1nnc2c(=O)n3c(nn12)CN(Cc1ccccn1)CC3. The first-order valence-electron chi connectivity index (χ1n) is 8.11. The molecular weight excluding hydrogens is 306 g/mol. The zero-order valence-electron chi connectivity index (χ0n) is 13.8. The monoisotopic (exact) mass is 325 g/mol. The number of hydrogen-bond donors (Lipinski definition) is 0. The second-order valence-electron chi connectivity index (χ2n) is 6.35. The van der Waals surface area contributed by atoms with Crippen molar-refractivity contribution in [1.82, 2.24) is 34.3 Å². The molecule has 0 spiro atoms. The summed E-state index contributed by atoms with van der Waals surface area (Å²) < 4.78 is 3.31. The van der Waals surface area contributed by atoms with Gasteiger partial charge in [-0.15, -0.1) is 15.3 Å². The van der Waals surface area contributed by atoms with E-state index in [1.807, 2.05) is 32.0 Å². The summed E-state index contributed by atoms with van der Waals surface area (Å²) in [6, 6.07) is 5.90. The van der Waals surface area contributed by atoms with Crippen LogP contribution in [0.4, 0.5) is 0 Å². The van der Waals surface area contributed by atoms with Crippen molar-refractivity contribution in [1.29, 1.82) is 0 Å². The molecule has 0 unspecified atom stereocenters. The van der Waals surface area contributed by atoms with Gasteiger partial charge < -0.3 is 0 Å². The van der Waals surface area contributed by atoms with Gasteiger partial charge in [0.25, 0.3) is 5.56 Å². The molecule has 0 bridgehead atoms. The highest BCUT2D eigenvalue weighted by molar-refractivity contribution is 5.34. The van der Waals surface area contributed by atoms with Crippen molar-refractivity contribution in [3.8, 4) is 0 Å². The van der Waals surface area contributed by atoms with Crippen molar-refractivity contribution < 1.29 is 0 Å². The normalized spacial score (nSPS) is 15.1. The second-order valence-corrected chi connectivity index (χ2v) is 6.35. The Morgan fingerprint density at radius 2 is 2.08 bits per heavy atom. The fraction of sp³-hybridized carbons (Fsp3) is 0.438. The highest BCUT2D eigenvalue weighted by atomic mass is 16.1. The van der Waals surface area contributed by atoms with E-state index in [0.29, 0.717) is 24.6 Å². The summed E-state index contributed by atoms with van der Waals surface area (Å²) in [6.45, 7) is 6.78. The number of fused-ring (bicyclic) bond motifs is 2. The lowest BCUT2D eigenvalue weighted by molar-refractivity contribution is 0.199. The zero-order valence-corrected chi connectivity index (χ0v) is 13.8. The molecule has 0 radical (unpaired) electrons. The van der Waals surface area contributed by atoms with Gasteiger partial charge in [0.15, 0.2) is 5.82 Å². The lowest BCUT2D eigenvalue weighted by Gasteiger charge is -2.28. The highest BCUT2D eigenvalue weighted by Gasteiger charge is 2.23. The number of pyridine rings is 1. The summed E-state index contributed by atoms with van der Waals surface area (Å²) in [6.07, 6.45) is 1.80. The van der Waals surface area contributed by atoms with E-state index >= 15 is 0 Å². The Labute approximate surface area is 138 Å². The Balaban J connectivity index is 1.70. The van der Waals surface area contributed by atoms with Crippen molar-refractivity contribution in [3.63, 3.8) is 0 Å². The van der Waals surface area contributed by atoms with Crippen LogP contribution in [0.2, 0.25) is 0 Å². The van der Waals surface area contributed by atoms with Crippen LogP contribution in [-0.2, 0) is 19.6 Å². The Morgan fingerprint density at radius 3 is 2.83 bits per heavy atom. The minimum absolute atomic E-state index is 0.114. The van der Waals surface area contributed by atoms with Crippen molar-refractivity contribution in [2.75, 3.05) is 6.54 Å². The van der Waals surface area contributed by atoms with Gasteiger partial charge in [-0.05, 0) is 12.1 Å². The molecule has 0 atom stereocenters. The third kappa shape index (κ3) is 2.48. The van der Waals surface area contributed by atoms with Crippen LogP contribution in [0, 0.1) is 0 Å². The number of hydrogen-bond acceptors (Lipinski definition) is 6. The van der Waals surface area contributed by atoms with Gasteiger partial charge in [0.1, 0.15) is 5.82 Å². The van der Waals surface area contributed by atoms with E-state index < -0.39 is 0 Å². The summed E-state index contributed by atoms with van der Waals surface area (Å²) in [4.78, 5) is 19.3. The maximum atomic E-state index is 12.6. The maximum Gasteiger partial charge on any atom is 0.299 e. The average Bonchev–Trinajstić information content (AvgIpc) is 3.00. The van der Waals surface area contributed by atoms with E-state index in [-0.39, 0.29) is 11.5 Å². The van der Waals surface area contributed by atoms with Crippen molar-refractivity contribution >= 4 is 5.65 Å². The molecule has 0 saturated carbocycles. The molecule has 3 aromatic heterocycles. The molecule has 8 nitrogen and oxygen atoms in total. The summed E-state index contributed by atoms with van der Waals surface area (Å²) in [7, 11) is 0. The Kier molecular flexibility index (Phi) is 3.61. The Bertz CT molecular complexity index is 929. The predicted octanol–water partition coefficient (Wildman–Crippen LogP) is 0.820. The van der Waals surface area contributed by atoms with Gasteiger partial charge in [-0.3, -0.25) is 19.2 Å². The van der Waals surface area contributed by atoms with Crippen LogP contribution in [0.25, 0.3) is 5.65 Å². The van der Waals surface area contributed by atoms with Crippen molar-refractivity contribution in [2.24, 2.45) is 0 Å². The Hall–Kier alpha value is -2.61. The van der Waals surface area contributed by atoms with Gasteiger partial charge in [0.05, 0.1) is 12.2 Å². The number of rotatable bonds is 3. The number of aromatic nitrogens is 6. The van der Waals surface area contributed by atoms with Crippen LogP contribution in [0.5, 0.6) is 0 Å². The standard InChI is InChI=1S/C16H19N7O/c1-11(2)14-18-19-15-16(24)22-8-7-21(10-13(22)20-23(14)15)9-12-5-3-4-6-17-12/h3-6,11H,7-10H2,1-2H3. The molecule has 0 amide bonds. The fourth-order valence-electron chi connectivity index (χ4n) is 3.01. The zero-order chi connectivity index (χ0) is 16.7. The third-order valence-electron chi connectivity index (χ3n) is 4.26. The maximum absolute atomic E-state index is 12.6. The minimum Gasteiger partial charge on any atom is -0.290 e. The van der Waals surface area contributed by atoms with Crippen LogP contribution in [0.15, 0.2) is 29.2 Å². The van der Waals surface area contributed by atoms with Crippen LogP contribution in [0.1, 0.15) is 37.1 Å². The highest BCUT2D eigenvalue weighted by Crippen LogP contribution is 2.14. The molecule has 0 N–H and O–H groups in total. The minimum atomic E-state index is -0.114. The molecular formula is C16H19N7O. The summed E-state index contributed by atoms with van der Waals surface area (Å²) in [5.41, 5.74) is 1.21. The van der Waals surface area contributed by atoms with E-state index in [2.05, 4.69) is 25.2 Å². The van der Waals surface area contributed by atoms with Crippen LogP contribution in [-0.4, -0.2) is 40.8 Å². The first-order chi connectivity index (χ1) is 11.6. The van der Waals surface area contributed by atoms with Gasteiger partial charge in [-0.2, -0.15) is 4.52 Å². The third-order valence-corrected chi connectivity index (χ3v) is 4.26. The van der Waals surface area contributed by atoms with Gasteiger partial charge in [-0.1, -0.05) is 19.9 Å². The summed E-state index contributed by atoms with van der Waals surface area (Å²) in [5, 5.41) is 12.8. The van der Waals surface area contributed by atoms with Gasteiger partial charge >= 0.3 is 0 Å². The molecule has 4 heterocycles. The van der Waals surface area contributed by atoms with Gasteiger partial charge in [-0.25, -0.2) is 0 Å². The Morgan fingerprint density at radius 1 is 1.21 bits per heavy atom. The summed E-state index contributed by atoms with van der Waals surface area (Å²) >= 11 is 0. The van der Waals surface area contributed by atoms with E-state index in [0.717, 1.165) is 24.6 Å². The smallest absolute Gasteiger partial charge is 0.290 e. The van der Waals surface area contributed by atoms with Gasteiger partial charge in [0.2, 0.25) is 5.65 Å². The molecule has 1 aliphatic heterocycles. The molecule has 3 aromatic rings.